The van der Waals surface area contributed by atoms with Gasteiger partial charge in [-0.1, -0.05) is 11.6 Å². The number of amides is 1. The largest absolute Gasteiger partial charge is 0.325 e. The molecule has 0 atom stereocenters. The zero-order valence-electron chi connectivity index (χ0n) is 11.5. The Kier molecular flexibility index (Phi) is 5.34. The lowest BCUT2D eigenvalue weighted by Gasteiger charge is -2.31. The normalized spacial score (nSPS) is 17.1. The first kappa shape index (κ1) is 15.2. The van der Waals surface area contributed by atoms with Crippen LogP contribution in [0.5, 0.6) is 0 Å². The summed E-state index contributed by atoms with van der Waals surface area (Å²) in [5.74, 6) is -0.589. The summed E-state index contributed by atoms with van der Waals surface area (Å²) in [4.78, 5) is 14.0. The Labute approximate surface area is 123 Å². The summed E-state index contributed by atoms with van der Waals surface area (Å²) >= 11 is 5.68. The maximum absolute atomic E-state index is 13.0. The fourth-order valence-electron chi connectivity index (χ4n) is 2.36. The Hall–Kier alpha value is -1.17. The van der Waals surface area contributed by atoms with Gasteiger partial charge in [-0.3, -0.25) is 9.69 Å². The van der Waals surface area contributed by atoms with Crippen molar-refractivity contribution in [2.75, 3.05) is 32.0 Å². The van der Waals surface area contributed by atoms with Crippen molar-refractivity contribution in [1.82, 2.24) is 10.2 Å². The number of hydrogen-bond acceptors (Lipinski definition) is 3. The van der Waals surface area contributed by atoms with Gasteiger partial charge in [0.25, 0.3) is 0 Å². The number of carbonyl (C=O) groups excluding carboxylic acids is 1. The number of likely N-dealkylation sites (tertiary alicyclic amines) is 1. The molecule has 0 unspecified atom stereocenters. The summed E-state index contributed by atoms with van der Waals surface area (Å²) < 4.78 is 13.0. The fraction of sp³-hybridized carbons (Fsp3) is 0.500. The van der Waals surface area contributed by atoms with E-state index in [0.717, 1.165) is 25.9 Å². The summed E-state index contributed by atoms with van der Waals surface area (Å²) in [5.41, 5.74) is 0.520. The highest BCUT2D eigenvalue weighted by Crippen LogP contribution is 2.19. The maximum Gasteiger partial charge on any atom is 0.238 e. The van der Waals surface area contributed by atoms with Gasteiger partial charge in [0.1, 0.15) is 5.82 Å². The van der Waals surface area contributed by atoms with Gasteiger partial charge in [-0.25, -0.2) is 4.39 Å². The summed E-state index contributed by atoms with van der Waals surface area (Å²) in [5, 5.41) is 6.00. The van der Waals surface area contributed by atoms with Gasteiger partial charge in [-0.2, -0.15) is 0 Å². The van der Waals surface area contributed by atoms with E-state index in [1.807, 2.05) is 7.05 Å². The molecule has 1 aromatic rings. The van der Waals surface area contributed by atoms with Crippen molar-refractivity contribution in [2.24, 2.45) is 0 Å². The molecule has 1 saturated heterocycles. The molecule has 0 spiro atoms. The summed E-state index contributed by atoms with van der Waals surface area (Å²) in [6.45, 7) is 2.16. The van der Waals surface area contributed by atoms with Crippen molar-refractivity contribution in [3.8, 4) is 0 Å². The lowest BCUT2D eigenvalue weighted by molar-refractivity contribution is -0.117. The maximum atomic E-state index is 13.0. The molecule has 0 bridgehead atoms. The van der Waals surface area contributed by atoms with Crippen LogP contribution in [0.2, 0.25) is 5.02 Å². The van der Waals surface area contributed by atoms with Crippen LogP contribution in [0.15, 0.2) is 18.2 Å². The molecule has 4 nitrogen and oxygen atoms in total. The van der Waals surface area contributed by atoms with Crippen molar-refractivity contribution in [1.29, 1.82) is 0 Å². The third-order valence-corrected chi connectivity index (χ3v) is 3.86. The Morgan fingerprint density at radius 1 is 1.45 bits per heavy atom. The van der Waals surface area contributed by atoms with Gasteiger partial charge in [-0.05, 0) is 38.1 Å². The number of nitrogens with one attached hydrogen (secondary N) is 2. The average Bonchev–Trinajstić information content (AvgIpc) is 2.44. The summed E-state index contributed by atoms with van der Waals surface area (Å²) in [7, 11) is 1.96. The van der Waals surface area contributed by atoms with Gasteiger partial charge < -0.3 is 10.6 Å². The predicted molar refractivity (Wildman–Crippen MR) is 78.6 cm³/mol. The zero-order valence-corrected chi connectivity index (χ0v) is 12.2. The Morgan fingerprint density at radius 3 is 2.75 bits per heavy atom. The van der Waals surface area contributed by atoms with Gasteiger partial charge in [-0.15, -0.1) is 0 Å². The van der Waals surface area contributed by atoms with E-state index >= 15 is 0 Å². The molecule has 0 aliphatic carbocycles. The highest BCUT2D eigenvalue weighted by atomic mass is 35.5. The van der Waals surface area contributed by atoms with E-state index in [1.54, 1.807) is 0 Å². The lowest BCUT2D eigenvalue weighted by atomic mass is 10.1. The van der Waals surface area contributed by atoms with Gasteiger partial charge in [0.2, 0.25) is 5.91 Å². The molecule has 0 saturated carbocycles. The molecule has 0 radical (unpaired) electrons. The SMILES string of the molecule is CNC1CCN(CC(=O)Nc2ccc(F)c(Cl)c2)CC1. The number of carbonyl (C=O) groups is 1. The molecule has 1 aliphatic heterocycles. The minimum atomic E-state index is -0.487. The molecular weight excluding hydrogens is 281 g/mol. The number of hydrogen-bond donors (Lipinski definition) is 2. The summed E-state index contributed by atoms with van der Waals surface area (Å²) in [6.07, 6.45) is 2.10. The minimum absolute atomic E-state index is 0.0117. The lowest BCUT2D eigenvalue weighted by Crippen LogP contribution is -2.44. The molecule has 1 heterocycles. The number of benzene rings is 1. The number of nitrogens with zero attached hydrogens (tertiary/aromatic N) is 1. The highest BCUT2D eigenvalue weighted by Gasteiger charge is 2.19. The van der Waals surface area contributed by atoms with E-state index in [2.05, 4.69) is 15.5 Å². The average molecular weight is 300 g/mol. The van der Waals surface area contributed by atoms with Crippen molar-refractivity contribution >= 4 is 23.2 Å². The fourth-order valence-corrected chi connectivity index (χ4v) is 2.54. The predicted octanol–water partition coefficient (Wildman–Crippen LogP) is 2.10. The van der Waals surface area contributed by atoms with E-state index in [4.69, 9.17) is 11.6 Å². The smallest absolute Gasteiger partial charge is 0.238 e. The third kappa shape index (κ3) is 4.16. The molecule has 110 valence electrons. The summed E-state index contributed by atoms with van der Waals surface area (Å²) in [6, 6.07) is 4.72. The van der Waals surface area contributed by atoms with E-state index < -0.39 is 5.82 Å². The first-order valence-corrected chi connectivity index (χ1v) is 7.11. The van der Waals surface area contributed by atoms with Crippen LogP contribution in [0.3, 0.4) is 0 Å². The molecule has 1 fully saturated rings. The van der Waals surface area contributed by atoms with E-state index in [0.29, 0.717) is 18.3 Å². The van der Waals surface area contributed by atoms with Crippen LogP contribution in [-0.2, 0) is 4.79 Å². The van der Waals surface area contributed by atoms with Crippen LogP contribution in [0.1, 0.15) is 12.8 Å². The van der Waals surface area contributed by atoms with Gasteiger partial charge in [0, 0.05) is 24.8 Å². The quantitative estimate of drug-likeness (QED) is 0.895. The topological polar surface area (TPSA) is 44.4 Å². The molecule has 1 aliphatic rings. The zero-order chi connectivity index (χ0) is 14.5. The number of piperidine rings is 1. The molecule has 20 heavy (non-hydrogen) atoms. The highest BCUT2D eigenvalue weighted by molar-refractivity contribution is 6.31. The second-order valence-corrected chi connectivity index (χ2v) is 5.42. The van der Waals surface area contributed by atoms with Crippen LogP contribution >= 0.6 is 11.6 Å². The first-order chi connectivity index (χ1) is 9.58. The Balaban J connectivity index is 1.82. The molecule has 2 rings (SSSR count). The Bertz CT molecular complexity index is 475. The van der Waals surface area contributed by atoms with E-state index in [1.165, 1.54) is 18.2 Å². The van der Waals surface area contributed by atoms with Crippen molar-refractivity contribution < 1.29 is 9.18 Å². The molecule has 2 N–H and O–H groups in total. The number of anilines is 1. The van der Waals surface area contributed by atoms with Gasteiger partial charge >= 0.3 is 0 Å². The van der Waals surface area contributed by atoms with E-state index in [9.17, 15) is 9.18 Å². The number of rotatable bonds is 4. The molecule has 1 aromatic carbocycles. The number of halogens is 2. The van der Waals surface area contributed by atoms with Gasteiger partial charge in [0.15, 0.2) is 0 Å². The van der Waals surface area contributed by atoms with Crippen LogP contribution in [0.4, 0.5) is 10.1 Å². The second-order valence-electron chi connectivity index (χ2n) is 5.02. The van der Waals surface area contributed by atoms with E-state index in [-0.39, 0.29) is 10.9 Å². The molecule has 6 heteroatoms. The van der Waals surface area contributed by atoms with Crippen LogP contribution in [0, 0.1) is 5.82 Å². The van der Waals surface area contributed by atoms with Crippen LogP contribution in [-0.4, -0.2) is 43.5 Å². The van der Waals surface area contributed by atoms with Crippen molar-refractivity contribution in [3.63, 3.8) is 0 Å². The van der Waals surface area contributed by atoms with Crippen molar-refractivity contribution in [2.45, 2.75) is 18.9 Å². The molecule has 1 amide bonds. The van der Waals surface area contributed by atoms with Crippen LogP contribution < -0.4 is 10.6 Å². The van der Waals surface area contributed by atoms with Crippen LogP contribution in [0.25, 0.3) is 0 Å². The Morgan fingerprint density at radius 2 is 2.15 bits per heavy atom. The van der Waals surface area contributed by atoms with Crippen molar-refractivity contribution in [3.05, 3.63) is 29.0 Å². The minimum Gasteiger partial charge on any atom is -0.325 e. The second kappa shape index (κ2) is 7.02. The van der Waals surface area contributed by atoms with Gasteiger partial charge in [0.05, 0.1) is 11.6 Å². The molecule has 0 aromatic heterocycles. The standard InChI is InChI=1S/C14H19ClFN3O/c1-17-10-4-6-19(7-5-10)9-14(20)18-11-2-3-13(16)12(15)8-11/h2-3,8,10,17H,4-7,9H2,1H3,(H,18,20). The molecular formula is C14H19ClFN3O. The monoisotopic (exact) mass is 299 g/mol. The third-order valence-electron chi connectivity index (χ3n) is 3.57. The first-order valence-electron chi connectivity index (χ1n) is 6.73.